The molecule has 0 saturated heterocycles. The van der Waals surface area contributed by atoms with Gasteiger partial charge in [-0.1, -0.05) is 24.6 Å². The van der Waals surface area contributed by atoms with Crippen LogP contribution in [0.4, 0.5) is 0 Å². The van der Waals surface area contributed by atoms with Crippen LogP contribution in [0, 0.1) is 17.8 Å². The number of carbonyl (C=O) groups excluding carboxylic acids is 1. The molecule has 1 aromatic carbocycles. The van der Waals surface area contributed by atoms with Gasteiger partial charge in [0.25, 0.3) is 0 Å². The standard InChI is InChI=1S/C16H16O2/c17-16(13-8-10-5-6-11(13)7-10)15-9-12-3-1-2-4-14(12)18-15/h1-4,9-11,13H,5-8H2. The second-order valence-corrected chi connectivity index (χ2v) is 5.79. The van der Waals surface area contributed by atoms with Gasteiger partial charge in [0.15, 0.2) is 5.76 Å². The molecule has 2 bridgehead atoms. The lowest BCUT2D eigenvalue weighted by Crippen LogP contribution is -2.20. The van der Waals surface area contributed by atoms with Gasteiger partial charge in [0.1, 0.15) is 5.58 Å². The monoisotopic (exact) mass is 240 g/mol. The van der Waals surface area contributed by atoms with Gasteiger partial charge >= 0.3 is 0 Å². The summed E-state index contributed by atoms with van der Waals surface area (Å²) in [6, 6.07) is 9.74. The molecule has 2 aliphatic carbocycles. The molecule has 0 radical (unpaired) electrons. The zero-order valence-electron chi connectivity index (χ0n) is 10.3. The molecule has 0 spiro atoms. The Balaban J connectivity index is 1.68. The van der Waals surface area contributed by atoms with Crippen molar-refractivity contribution in [3.8, 4) is 0 Å². The molecule has 2 saturated carbocycles. The quantitative estimate of drug-likeness (QED) is 0.741. The minimum atomic E-state index is 0.226. The molecule has 0 N–H and O–H groups in total. The summed E-state index contributed by atoms with van der Waals surface area (Å²) < 4.78 is 5.70. The topological polar surface area (TPSA) is 30.2 Å². The van der Waals surface area contributed by atoms with Crippen molar-refractivity contribution in [1.82, 2.24) is 0 Å². The summed E-state index contributed by atoms with van der Waals surface area (Å²) in [4.78, 5) is 12.5. The molecule has 2 heteroatoms. The maximum Gasteiger partial charge on any atom is 0.201 e. The van der Waals surface area contributed by atoms with Gasteiger partial charge in [0.2, 0.25) is 5.78 Å². The number of ketones is 1. The number of hydrogen-bond acceptors (Lipinski definition) is 2. The first-order chi connectivity index (χ1) is 8.81. The van der Waals surface area contributed by atoms with Crippen LogP contribution in [0.5, 0.6) is 0 Å². The van der Waals surface area contributed by atoms with E-state index in [4.69, 9.17) is 4.42 Å². The summed E-state index contributed by atoms with van der Waals surface area (Å²) in [6.45, 7) is 0. The molecule has 18 heavy (non-hydrogen) atoms. The van der Waals surface area contributed by atoms with Gasteiger partial charge < -0.3 is 4.42 Å². The van der Waals surface area contributed by atoms with Crippen LogP contribution >= 0.6 is 0 Å². The lowest BCUT2D eigenvalue weighted by atomic mass is 9.85. The average molecular weight is 240 g/mol. The van der Waals surface area contributed by atoms with E-state index < -0.39 is 0 Å². The zero-order chi connectivity index (χ0) is 12.1. The Morgan fingerprint density at radius 1 is 1.17 bits per heavy atom. The number of fused-ring (bicyclic) bond motifs is 3. The summed E-state index contributed by atoms with van der Waals surface area (Å²) >= 11 is 0. The molecule has 2 aliphatic rings. The first kappa shape index (κ1) is 10.4. The fraction of sp³-hybridized carbons (Fsp3) is 0.438. The van der Waals surface area contributed by atoms with Crippen molar-refractivity contribution >= 4 is 16.8 Å². The van der Waals surface area contributed by atoms with Crippen molar-refractivity contribution in [2.75, 3.05) is 0 Å². The summed E-state index contributed by atoms with van der Waals surface area (Å²) in [6.07, 6.45) is 4.91. The second kappa shape index (κ2) is 3.71. The van der Waals surface area contributed by atoms with E-state index in [0.29, 0.717) is 11.7 Å². The highest BCUT2D eigenvalue weighted by Gasteiger charge is 2.43. The highest BCUT2D eigenvalue weighted by atomic mass is 16.3. The van der Waals surface area contributed by atoms with Crippen LogP contribution in [0.2, 0.25) is 0 Å². The van der Waals surface area contributed by atoms with Crippen LogP contribution in [0.3, 0.4) is 0 Å². The molecule has 0 amide bonds. The molecular formula is C16H16O2. The van der Waals surface area contributed by atoms with Gasteiger partial charge in [-0.3, -0.25) is 4.79 Å². The largest absolute Gasteiger partial charge is 0.453 e. The van der Waals surface area contributed by atoms with Crippen LogP contribution in [0.15, 0.2) is 34.7 Å². The Labute approximate surface area is 106 Å². The molecule has 0 aliphatic heterocycles. The van der Waals surface area contributed by atoms with Crippen molar-refractivity contribution in [3.05, 3.63) is 36.1 Å². The molecule has 3 unspecified atom stereocenters. The zero-order valence-corrected chi connectivity index (χ0v) is 10.3. The van der Waals surface area contributed by atoms with Gasteiger partial charge in [-0.25, -0.2) is 0 Å². The van der Waals surface area contributed by atoms with Gasteiger partial charge in [-0.15, -0.1) is 0 Å². The van der Waals surface area contributed by atoms with E-state index in [1.165, 1.54) is 19.3 Å². The summed E-state index contributed by atoms with van der Waals surface area (Å²) in [5.74, 6) is 2.44. The van der Waals surface area contributed by atoms with E-state index in [1.807, 2.05) is 30.3 Å². The van der Waals surface area contributed by atoms with Gasteiger partial charge in [-0.05, 0) is 43.2 Å². The van der Waals surface area contributed by atoms with Crippen molar-refractivity contribution < 1.29 is 9.21 Å². The maximum absolute atomic E-state index is 12.5. The van der Waals surface area contributed by atoms with E-state index in [1.54, 1.807) is 0 Å². The minimum absolute atomic E-state index is 0.226. The van der Waals surface area contributed by atoms with Crippen LogP contribution in [-0.2, 0) is 0 Å². The predicted molar refractivity (Wildman–Crippen MR) is 69.5 cm³/mol. The first-order valence-corrected chi connectivity index (χ1v) is 6.84. The Bertz CT molecular complexity index is 577. The third-order valence-corrected chi connectivity index (χ3v) is 4.74. The fourth-order valence-corrected chi connectivity index (χ4v) is 3.85. The van der Waals surface area contributed by atoms with Gasteiger partial charge in [-0.2, -0.15) is 0 Å². The molecule has 2 nitrogen and oxygen atoms in total. The maximum atomic E-state index is 12.5. The fourth-order valence-electron chi connectivity index (χ4n) is 3.85. The van der Waals surface area contributed by atoms with Gasteiger partial charge in [0, 0.05) is 11.3 Å². The molecule has 92 valence electrons. The van der Waals surface area contributed by atoms with Crippen LogP contribution in [-0.4, -0.2) is 5.78 Å². The number of Topliss-reactive ketones (excluding diaryl/α,β-unsaturated/α-hetero) is 1. The molecule has 1 heterocycles. The Kier molecular flexibility index (Phi) is 2.14. The average Bonchev–Trinajstić information content (AvgIpc) is 3.11. The van der Waals surface area contributed by atoms with Crippen molar-refractivity contribution in [2.24, 2.45) is 17.8 Å². The summed E-state index contributed by atoms with van der Waals surface area (Å²) in [5, 5.41) is 1.03. The number of rotatable bonds is 2. The molecule has 2 fully saturated rings. The third-order valence-electron chi connectivity index (χ3n) is 4.74. The number of benzene rings is 1. The molecule has 4 rings (SSSR count). The van der Waals surface area contributed by atoms with E-state index >= 15 is 0 Å². The van der Waals surface area contributed by atoms with Crippen molar-refractivity contribution in [1.29, 1.82) is 0 Å². The second-order valence-electron chi connectivity index (χ2n) is 5.79. The third kappa shape index (κ3) is 1.45. The Morgan fingerprint density at radius 3 is 2.78 bits per heavy atom. The molecular weight excluding hydrogens is 224 g/mol. The minimum Gasteiger partial charge on any atom is -0.453 e. The molecule has 1 aromatic heterocycles. The SMILES string of the molecule is O=C(c1cc2ccccc2o1)C1CC2CCC1C2. The predicted octanol–water partition coefficient (Wildman–Crippen LogP) is 4.05. The Hall–Kier alpha value is -1.57. The van der Waals surface area contributed by atoms with Crippen LogP contribution in [0.25, 0.3) is 11.0 Å². The van der Waals surface area contributed by atoms with Crippen LogP contribution < -0.4 is 0 Å². The van der Waals surface area contributed by atoms with E-state index in [-0.39, 0.29) is 11.7 Å². The molecule has 3 atom stereocenters. The molecule has 2 aromatic rings. The van der Waals surface area contributed by atoms with Crippen molar-refractivity contribution in [2.45, 2.75) is 25.7 Å². The van der Waals surface area contributed by atoms with Crippen molar-refractivity contribution in [3.63, 3.8) is 0 Å². The van der Waals surface area contributed by atoms with E-state index in [9.17, 15) is 4.79 Å². The lowest BCUT2D eigenvalue weighted by Gasteiger charge is -2.18. The smallest absolute Gasteiger partial charge is 0.201 e. The number of furan rings is 1. The first-order valence-electron chi connectivity index (χ1n) is 6.84. The van der Waals surface area contributed by atoms with Gasteiger partial charge in [0.05, 0.1) is 0 Å². The summed E-state index contributed by atoms with van der Waals surface area (Å²) in [7, 11) is 0. The highest BCUT2D eigenvalue weighted by molar-refractivity contribution is 5.99. The number of carbonyl (C=O) groups is 1. The number of hydrogen-bond donors (Lipinski definition) is 0. The van der Waals surface area contributed by atoms with E-state index in [0.717, 1.165) is 23.3 Å². The van der Waals surface area contributed by atoms with E-state index in [2.05, 4.69) is 0 Å². The lowest BCUT2D eigenvalue weighted by molar-refractivity contribution is 0.0848. The number of para-hydroxylation sites is 1. The normalized spacial score (nSPS) is 30.1. The Morgan fingerprint density at radius 2 is 2.06 bits per heavy atom. The summed E-state index contributed by atoms with van der Waals surface area (Å²) in [5.41, 5.74) is 0.823. The highest BCUT2D eigenvalue weighted by Crippen LogP contribution is 2.49. The van der Waals surface area contributed by atoms with Crippen LogP contribution in [0.1, 0.15) is 36.2 Å².